The maximum Gasteiger partial charge on any atom is 0.191 e. The smallest absolute Gasteiger partial charge is 0.191 e. The number of ketones is 3. The predicted octanol–water partition coefficient (Wildman–Crippen LogP) is 7.55. The van der Waals surface area contributed by atoms with Crippen molar-refractivity contribution in [2.75, 3.05) is 0 Å². The maximum atomic E-state index is 15.2. The van der Waals surface area contributed by atoms with Gasteiger partial charge in [0.15, 0.2) is 17.3 Å². The zero-order chi connectivity index (χ0) is 28.2. The molecule has 0 unspecified atom stereocenters. The Labute approximate surface area is 238 Å². The van der Waals surface area contributed by atoms with Gasteiger partial charge in [0.05, 0.1) is 0 Å². The fraction of sp³-hybridized carbons (Fsp3) is 0.0789. The summed E-state index contributed by atoms with van der Waals surface area (Å²) in [6.07, 6.45) is 0. The number of carbonyl (C=O) groups is 3. The number of carbonyl (C=O) groups excluding carboxylic acids is 3. The van der Waals surface area contributed by atoms with Crippen molar-refractivity contribution in [1.29, 1.82) is 0 Å². The minimum absolute atomic E-state index is 0.225. The van der Waals surface area contributed by atoms with Crippen LogP contribution in [0.25, 0.3) is 0 Å². The summed E-state index contributed by atoms with van der Waals surface area (Å²) in [5.74, 6) is -0.789. The molecule has 196 valence electrons. The largest absolute Gasteiger partial charge is 0.292 e. The van der Waals surface area contributed by atoms with Crippen LogP contribution >= 0.6 is 0 Å². The molecular formula is C38H26O3. The second kappa shape index (κ2) is 9.21. The van der Waals surface area contributed by atoms with Gasteiger partial charge in [-0.1, -0.05) is 140 Å². The molecule has 41 heavy (non-hydrogen) atoms. The van der Waals surface area contributed by atoms with Crippen LogP contribution in [0.2, 0.25) is 0 Å². The quantitative estimate of drug-likeness (QED) is 0.213. The number of hydrogen-bond acceptors (Lipinski definition) is 3. The first kappa shape index (κ1) is 24.9. The van der Waals surface area contributed by atoms with Gasteiger partial charge < -0.3 is 0 Å². The van der Waals surface area contributed by atoms with Gasteiger partial charge in [-0.2, -0.15) is 0 Å². The average molecular weight is 531 g/mol. The van der Waals surface area contributed by atoms with Crippen LogP contribution in [0.15, 0.2) is 151 Å². The first-order valence-electron chi connectivity index (χ1n) is 13.7. The van der Waals surface area contributed by atoms with E-state index in [1.54, 1.807) is 36.4 Å². The van der Waals surface area contributed by atoms with Gasteiger partial charge in [-0.05, 0) is 29.2 Å². The molecule has 0 N–H and O–H groups in total. The second-order valence-corrected chi connectivity index (χ2v) is 10.8. The Morgan fingerprint density at radius 3 is 1.20 bits per heavy atom. The normalized spacial score (nSPS) is 20.2. The van der Waals surface area contributed by atoms with Crippen LogP contribution in [0.4, 0.5) is 0 Å². The molecule has 3 nitrogen and oxygen atoms in total. The molecule has 0 aliphatic heterocycles. The van der Waals surface area contributed by atoms with E-state index in [4.69, 9.17) is 0 Å². The molecule has 5 aromatic rings. The Morgan fingerprint density at radius 2 is 0.756 bits per heavy atom. The maximum absolute atomic E-state index is 15.2. The summed E-state index contributed by atoms with van der Waals surface area (Å²) >= 11 is 0. The van der Waals surface area contributed by atoms with Crippen molar-refractivity contribution in [3.63, 3.8) is 0 Å². The Kier molecular flexibility index (Phi) is 5.58. The van der Waals surface area contributed by atoms with Gasteiger partial charge in [0.1, 0.15) is 5.41 Å². The molecule has 5 aromatic carbocycles. The summed E-state index contributed by atoms with van der Waals surface area (Å²) in [4.78, 5) is 44.8. The third-order valence-corrected chi connectivity index (χ3v) is 8.77. The lowest BCUT2D eigenvalue weighted by Gasteiger charge is -2.54. The fourth-order valence-corrected chi connectivity index (χ4v) is 7.01. The highest BCUT2D eigenvalue weighted by Gasteiger charge is 2.64. The van der Waals surface area contributed by atoms with E-state index in [1.807, 2.05) is 110 Å². The molecule has 3 heteroatoms. The van der Waals surface area contributed by atoms with Gasteiger partial charge >= 0.3 is 0 Å². The number of benzene rings is 5. The Hall–Kier alpha value is -5.15. The van der Waals surface area contributed by atoms with Gasteiger partial charge in [-0.25, -0.2) is 0 Å². The zero-order valence-electron chi connectivity index (χ0n) is 22.5. The molecule has 8 rings (SSSR count). The van der Waals surface area contributed by atoms with Gasteiger partial charge in [-0.3, -0.25) is 14.4 Å². The average Bonchev–Trinajstić information content (AvgIpc) is 3.05. The summed E-state index contributed by atoms with van der Waals surface area (Å²) in [5, 5.41) is 0. The summed E-state index contributed by atoms with van der Waals surface area (Å²) in [7, 11) is 0. The molecule has 3 aliphatic rings. The zero-order valence-corrected chi connectivity index (χ0v) is 22.5. The van der Waals surface area contributed by atoms with Gasteiger partial charge in [0.2, 0.25) is 0 Å². The summed E-state index contributed by atoms with van der Waals surface area (Å²) in [5.41, 5.74) is 2.76. The van der Waals surface area contributed by atoms with E-state index in [2.05, 4.69) is 0 Å². The van der Waals surface area contributed by atoms with Crippen LogP contribution in [0.3, 0.4) is 0 Å². The minimum atomic E-state index is -1.51. The SMILES string of the molecule is CC12C(C(=O)c3ccccc3)=C(C(=O)c3ccccc3)C(C(=O)c3ccccc3)(c3ccccc31)c1ccccc12. The molecule has 0 heterocycles. The van der Waals surface area contributed by atoms with Crippen LogP contribution in [-0.4, -0.2) is 17.3 Å². The predicted molar refractivity (Wildman–Crippen MR) is 159 cm³/mol. The van der Waals surface area contributed by atoms with E-state index in [0.29, 0.717) is 22.3 Å². The summed E-state index contributed by atoms with van der Waals surface area (Å²) in [6, 6.07) is 42.7. The summed E-state index contributed by atoms with van der Waals surface area (Å²) in [6.45, 7) is 2.02. The molecule has 3 aliphatic carbocycles. The van der Waals surface area contributed by atoms with Crippen molar-refractivity contribution in [3.8, 4) is 0 Å². The molecule has 0 amide bonds. The van der Waals surface area contributed by atoms with E-state index in [9.17, 15) is 9.59 Å². The monoisotopic (exact) mass is 530 g/mol. The second-order valence-electron chi connectivity index (χ2n) is 10.8. The molecule has 0 saturated carbocycles. The first-order valence-corrected chi connectivity index (χ1v) is 13.7. The molecule has 0 radical (unpaired) electrons. The standard InChI is InChI=1S/C38H26O3/c1-37-28-21-11-13-23-30(28)38(31-24-14-12-22-29(31)37,36(41)27-19-9-4-10-20-27)33(35(40)26-17-7-3-8-18-26)32(37)34(39)25-15-5-2-6-16-25/h2-24H,1H3. The van der Waals surface area contributed by atoms with Crippen molar-refractivity contribution in [3.05, 3.63) is 190 Å². The highest BCUT2D eigenvalue weighted by molar-refractivity contribution is 6.28. The van der Waals surface area contributed by atoms with Crippen LogP contribution in [0.1, 0.15) is 60.3 Å². The highest BCUT2D eigenvalue weighted by Crippen LogP contribution is 2.63. The van der Waals surface area contributed by atoms with E-state index >= 15 is 4.79 Å². The number of allylic oxidation sites excluding steroid dienone is 2. The molecule has 0 atom stereocenters. The number of Topliss-reactive ketones (excluding diaryl/α,β-unsaturated/α-hetero) is 3. The van der Waals surface area contributed by atoms with Crippen LogP contribution < -0.4 is 0 Å². The molecule has 0 saturated heterocycles. The van der Waals surface area contributed by atoms with Crippen molar-refractivity contribution < 1.29 is 14.4 Å². The van der Waals surface area contributed by atoms with Crippen molar-refractivity contribution in [1.82, 2.24) is 0 Å². The van der Waals surface area contributed by atoms with Gasteiger partial charge in [0, 0.05) is 33.3 Å². The van der Waals surface area contributed by atoms with Crippen LogP contribution in [0, 0.1) is 0 Å². The van der Waals surface area contributed by atoms with Gasteiger partial charge in [0.25, 0.3) is 0 Å². The fourth-order valence-electron chi connectivity index (χ4n) is 7.01. The number of rotatable bonds is 6. The lowest BCUT2D eigenvalue weighted by atomic mass is 9.44. The lowest BCUT2D eigenvalue weighted by molar-refractivity contribution is 0.0879. The minimum Gasteiger partial charge on any atom is -0.292 e. The van der Waals surface area contributed by atoms with Gasteiger partial charge in [-0.15, -0.1) is 0 Å². The van der Waals surface area contributed by atoms with Crippen molar-refractivity contribution in [2.24, 2.45) is 0 Å². The first-order chi connectivity index (χ1) is 20.0. The number of hydrogen-bond donors (Lipinski definition) is 0. The summed E-state index contributed by atoms with van der Waals surface area (Å²) < 4.78 is 0. The molecule has 0 aromatic heterocycles. The molecule has 0 spiro atoms. The molecule has 0 fully saturated rings. The third-order valence-electron chi connectivity index (χ3n) is 8.77. The van der Waals surface area contributed by atoms with E-state index < -0.39 is 10.8 Å². The third kappa shape index (κ3) is 3.29. The van der Waals surface area contributed by atoms with Crippen molar-refractivity contribution in [2.45, 2.75) is 17.8 Å². The topological polar surface area (TPSA) is 51.2 Å². The lowest BCUT2D eigenvalue weighted by Crippen LogP contribution is -2.56. The Balaban J connectivity index is 1.69. The van der Waals surface area contributed by atoms with E-state index in [0.717, 1.165) is 22.3 Å². The van der Waals surface area contributed by atoms with Crippen LogP contribution in [-0.2, 0) is 10.8 Å². The highest BCUT2D eigenvalue weighted by atomic mass is 16.1. The van der Waals surface area contributed by atoms with E-state index in [-0.39, 0.29) is 22.9 Å². The molecule has 2 bridgehead atoms. The Bertz CT molecular complexity index is 1830. The molecular weight excluding hydrogens is 504 g/mol. The van der Waals surface area contributed by atoms with Crippen molar-refractivity contribution >= 4 is 17.3 Å². The Morgan fingerprint density at radius 1 is 0.415 bits per heavy atom. The van der Waals surface area contributed by atoms with Crippen LogP contribution in [0.5, 0.6) is 0 Å². The van der Waals surface area contributed by atoms with E-state index in [1.165, 1.54) is 0 Å².